The zero-order valence-electron chi connectivity index (χ0n) is 12.1. The average molecular weight is 276 g/mol. The molecule has 0 amide bonds. The van der Waals surface area contributed by atoms with Crippen LogP contribution in [-0.4, -0.2) is 10.1 Å². The van der Waals surface area contributed by atoms with Crippen LogP contribution in [-0.2, 0) is 11.8 Å². The number of aromatic amines is 1. The van der Waals surface area contributed by atoms with E-state index >= 15 is 0 Å². The molecule has 1 aromatic carbocycles. The van der Waals surface area contributed by atoms with Gasteiger partial charge in [0, 0.05) is 6.42 Å². The first kappa shape index (κ1) is 14.0. The Morgan fingerprint density at radius 3 is 2.21 bits per heavy atom. The second-order valence-electron chi connectivity index (χ2n) is 6.04. The van der Waals surface area contributed by atoms with Crippen molar-refractivity contribution in [1.29, 1.82) is 0 Å². The van der Waals surface area contributed by atoms with Crippen LogP contribution in [0.15, 0.2) is 16.7 Å². The molecule has 0 saturated heterocycles. The summed E-state index contributed by atoms with van der Waals surface area (Å²) in [7, 11) is 0. The fourth-order valence-corrected chi connectivity index (χ4v) is 2.36. The van der Waals surface area contributed by atoms with Gasteiger partial charge in [0.05, 0.1) is 0 Å². The molecular formula is C15H20N2OS. The van der Waals surface area contributed by atoms with Crippen LogP contribution in [0.25, 0.3) is 0 Å². The number of rotatable bonds is 2. The number of hydrogen-bond donors (Lipinski definition) is 1. The Kier molecular flexibility index (Phi) is 3.63. The van der Waals surface area contributed by atoms with Crippen LogP contribution >= 0.6 is 12.2 Å². The lowest BCUT2D eigenvalue weighted by atomic mass is 9.83. The first-order chi connectivity index (χ1) is 8.77. The van der Waals surface area contributed by atoms with Crippen molar-refractivity contribution in [1.82, 2.24) is 10.1 Å². The van der Waals surface area contributed by atoms with Gasteiger partial charge in [-0.15, -0.1) is 0 Å². The maximum Gasteiger partial charge on any atom is 0.314 e. The zero-order chi connectivity index (χ0) is 14.2. The molecular weight excluding hydrogens is 256 g/mol. The van der Waals surface area contributed by atoms with E-state index in [-0.39, 0.29) is 10.3 Å². The molecule has 1 heterocycles. The summed E-state index contributed by atoms with van der Waals surface area (Å²) in [5.74, 6) is 0.778. The topological polar surface area (TPSA) is 41.8 Å². The van der Waals surface area contributed by atoms with E-state index in [2.05, 4.69) is 56.9 Å². The third kappa shape index (κ3) is 3.13. The van der Waals surface area contributed by atoms with Gasteiger partial charge in [-0.3, -0.25) is 0 Å². The van der Waals surface area contributed by atoms with Crippen molar-refractivity contribution < 1.29 is 4.52 Å². The fraction of sp³-hybridized carbons (Fsp3) is 0.467. The molecule has 0 aliphatic carbocycles. The summed E-state index contributed by atoms with van der Waals surface area (Å²) in [4.78, 5) is 4.41. The molecule has 19 heavy (non-hydrogen) atoms. The van der Waals surface area contributed by atoms with Crippen LogP contribution in [0.3, 0.4) is 0 Å². The first-order valence-electron chi connectivity index (χ1n) is 6.42. The summed E-state index contributed by atoms with van der Waals surface area (Å²) in [6, 6.07) is 4.52. The van der Waals surface area contributed by atoms with E-state index in [4.69, 9.17) is 16.7 Å². The number of hydrogen-bond acceptors (Lipinski definition) is 3. The van der Waals surface area contributed by atoms with E-state index in [0.29, 0.717) is 0 Å². The van der Waals surface area contributed by atoms with Gasteiger partial charge in [-0.1, -0.05) is 32.9 Å². The van der Waals surface area contributed by atoms with Crippen LogP contribution in [0.4, 0.5) is 0 Å². The molecule has 0 fully saturated rings. The molecule has 0 aliphatic heterocycles. The highest BCUT2D eigenvalue weighted by molar-refractivity contribution is 7.71. The molecule has 0 radical (unpaired) electrons. The maximum absolute atomic E-state index is 4.97. The molecule has 0 atom stereocenters. The molecule has 102 valence electrons. The van der Waals surface area contributed by atoms with Crippen LogP contribution < -0.4 is 0 Å². The Morgan fingerprint density at radius 2 is 1.79 bits per heavy atom. The summed E-state index contributed by atoms with van der Waals surface area (Å²) in [5, 5.41) is 2.76. The number of nitrogens with zero attached hydrogens (tertiary/aromatic N) is 1. The van der Waals surface area contributed by atoms with Crippen LogP contribution in [0.1, 0.15) is 48.8 Å². The third-order valence-electron chi connectivity index (χ3n) is 3.39. The van der Waals surface area contributed by atoms with Gasteiger partial charge >= 0.3 is 4.84 Å². The molecule has 2 aromatic rings. The van der Waals surface area contributed by atoms with Crippen LogP contribution in [0, 0.1) is 18.7 Å². The molecule has 0 aliphatic rings. The van der Waals surface area contributed by atoms with Gasteiger partial charge in [0.25, 0.3) is 0 Å². The SMILES string of the molecule is Cc1cc(C(C)(C)C)cc(C)c1Cc1nc(=S)o[nH]1. The Balaban J connectivity index is 2.40. The minimum Gasteiger partial charge on any atom is -0.348 e. The minimum atomic E-state index is 0.169. The van der Waals surface area contributed by atoms with Crippen molar-refractivity contribution in [2.75, 3.05) is 0 Å². The average Bonchev–Trinajstić information content (AvgIpc) is 2.68. The minimum absolute atomic E-state index is 0.169. The Hall–Kier alpha value is -1.42. The summed E-state index contributed by atoms with van der Waals surface area (Å²) in [5.41, 5.74) is 5.38. The normalized spacial score (nSPS) is 11.8. The predicted octanol–water partition coefficient (Wildman–Crippen LogP) is 4.24. The Morgan fingerprint density at radius 1 is 1.21 bits per heavy atom. The van der Waals surface area contributed by atoms with Gasteiger partial charge in [0.15, 0.2) is 0 Å². The monoisotopic (exact) mass is 276 g/mol. The highest BCUT2D eigenvalue weighted by Crippen LogP contribution is 2.27. The predicted molar refractivity (Wildman–Crippen MR) is 79.1 cm³/mol. The van der Waals surface area contributed by atoms with Gasteiger partial charge in [0.1, 0.15) is 5.82 Å². The van der Waals surface area contributed by atoms with Gasteiger partial charge in [0.2, 0.25) is 0 Å². The van der Waals surface area contributed by atoms with Crippen LogP contribution in [0.5, 0.6) is 0 Å². The molecule has 2 rings (SSSR count). The number of H-pyrrole nitrogens is 1. The van der Waals surface area contributed by atoms with E-state index in [1.165, 1.54) is 22.3 Å². The molecule has 0 unspecified atom stereocenters. The van der Waals surface area contributed by atoms with Gasteiger partial charge in [-0.05, 0) is 53.7 Å². The number of aromatic nitrogens is 2. The van der Waals surface area contributed by atoms with E-state index in [1.807, 2.05) is 0 Å². The van der Waals surface area contributed by atoms with E-state index in [1.54, 1.807) is 0 Å². The number of aryl methyl sites for hydroxylation is 2. The fourth-order valence-electron chi connectivity index (χ4n) is 2.21. The zero-order valence-corrected chi connectivity index (χ0v) is 12.9. The van der Waals surface area contributed by atoms with Crippen LogP contribution in [0.2, 0.25) is 0 Å². The highest BCUT2D eigenvalue weighted by atomic mass is 32.1. The smallest absolute Gasteiger partial charge is 0.314 e. The number of benzene rings is 1. The second kappa shape index (κ2) is 4.93. The molecule has 4 heteroatoms. The summed E-state index contributed by atoms with van der Waals surface area (Å²) in [6.07, 6.45) is 0.724. The van der Waals surface area contributed by atoms with E-state index in [9.17, 15) is 0 Å². The molecule has 1 aromatic heterocycles. The van der Waals surface area contributed by atoms with E-state index in [0.717, 1.165) is 12.2 Å². The Bertz CT molecular complexity index is 624. The summed E-state index contributed by atoms with van der Waals surface area (Å²) < 4.78 is 4.97. The highest BCUT2D eigenvalue weighted by Gasteiger charge is 2.16. The molecule has 0 bridgehead atoms. The molecule has 0 spiro atoms. The molecule has 3 nitrogen and oxygen atoms in total. The Labute approximate surface area is 119 Å². The summed E-state index contributed by atoms with van der Waals surface area (Å²) >= 11 is 4.88. The van der Waals surface area contributed by atoms with Crippen molar-refractivity contribution in [2.45, 2.75) is 46.5 Å². The third-order valence-corrected chi connectivity index (χ3v) is 3.56. The van der Waals surface area contributed by atoms with Gasteiger partial charge < -0.3 is 4.52 Å². The van der Waals surface area contributed by atoms with Crippen molar-refractivity contribution in [2.24, 2.45) is 0 Å². The lowest BCUT2D eigenvalue weighted by Crippen LogP contribution is -2.12. The largest absolute Gasteiger partial charge is 0.348 e. The standard InChI is InChI=1S/C15H20N2OS/c1-9-6-11(15(3,4)5)7-10(2)12(9)8-13-16-14(19)18-17-13/h6-7H,8H2,1-5H3,(H,16,17,19). The van der Waals surface area contributed by atoms with Crippen molar-refractivity contribution in [3.63, 3.8) is 0 Å². The van der Waals surface area contributed by atoms with Gasteiger partial charge in [-0.25, -0.2) is 5.16 Å². The molecule has 1 N–H and O–H groups in total. The van der Waals surface area contributed by atoms with Crippen molar-refractivity contribution >= 4 is 12.2 Å². The van der Waals surface area contributed by atoms with Crippen molar-refractivity contribution in [3.8, 4) is 0 Å². The molecule has 0 saturated carbocycles. The first-order valence-corrected chi connectivity index (χ1v) is 6.83. The van der Waals surface area contributed by atoms with Gasteiger partial charge in [-0.2, -0.15) is 4.98 Å². The maximum atomic E-state index is 4.97. The quantitative estimate of drug-likeness (QED) is 0.834. The number of nitrogens with one attached hydrogen (secondary N) is 1. The lowest BCUT2D eigenvalue weighted by molar-refractivity contribution is 0.399. The second-order valence-corrected chi connectivity index (χ2v) is 6.39. The summed E-state index contributed by atoms with van der Waals surface area (Å²) in [6.45, 7) is 11.0. The lowest BCUT2D eigenvalue weighted by Gasteiger charge is -2.22. The van der Waals surface area contributed by atoms with E-state index < -0.39 is 0 Å². The van der Waals surface area contributed by atoms with Crippen molar-refractivity contribution in [3.05, 3.63) is 45.0 Å².